The highest BCUT2D eigenvalue weighted by Crippen LogP contribution is 2.20. The third kappa shape index (κ3) is 4.77. The van der Waals surface area contributed by atoms with Gasteiger partial charge in [0.25, 0.3) is 5.91 Å². The number of carbonyl (C=O) groups excluding carboxylic acids is 2. The van der Waals surface area contributed by atoms with Crippen molar-refractivity contribution >= 4 is 35.0 Å². The van der Waals surface area contributed by atoms with Crippen molar-refractivity contribution in [2.45, 2.75) is 19.4 Å². The molecule has 2 aromatic rings. The highest BCUT2D eigenvalue weighted by Gasteiger charge is 2.27. The van der Waals surface area contributed by atoms with Crippen LogP contribution in [0.1, 0.15) is 28.8 Å². The molecule has 4 nitrogen and oxygen atoms in total. The van der Waals surface area contributed by atoms with Crippen molar-refractivity contribution in [1.29, 1.82) is 0 Å². The molecule has 0 aliphatic carbocycles. The maximum Gasteiger partial charge on any atom is 0.253 e. The van der Waals surface area contributed by atoms with Gasteiger partial charge in [0.1, 0.15) is 0 Å². The van der Waals surface area contributed by atoms with Crippen molar-refractivity contribution < 1.29 is 9.59 Å². The number of hydrogen-bond acceptors (Lipinski definition) is 2. The molecule has 1 aliphatic rings. The van der Waals surface area contributed by atoms with Gasteiger partial charge < -0.3 is 10.2 Å². The lowest BCUT2D eigenvalue weighted by atomic mass is 9.95. The summed E-state index contributed by atoms with van der Waals surface area (Å²) < 4.78 is 0. The molecule has 0 bridgehead atoms. The Morgan fingerprint density at radius 1 is 1.00 bits per heavy atom. The molecule has 1 N–H and O–H groups in total. The maximum absolute atomic E-state index is 12.5. The van der Waals surface area contributed by atoms with E-state index in [1.165, 1.54) is 0 Å². The molecule has 6 heteroatoms. The summed E-state index contributed by atoms with van der Waals surface area (Å²) in [5.74, 6) is -0.0496. The Morgan fingerprint density at radius 2 is 1.69 bits per heavy atom. The highest BCUT2D eigenvalue weighted by atomic mass is 35.5. The van der Waals surface area contributed by atoms with Gasteiger partial charge in [-0.05, 0) is 54.8 Å². The third-order valence-corrected chi connectivity index (χ3v) is 5.09. The van der Waals surface area contributed by atoms with Gasteiger partial charge in [0.2, 0.25) is 5.91 Å². The van der Waals surface area contributed by atoms with Crippen LogP contribution in [0.4, 0.5) is 0 Å². The molecular formula is C20H20Cl2N2O2. The van der Waals surface area contributed by atoms with Crippen molar-refractivity contribution in [2.75, 3.05) is 13.1 Å². The summed E-state index contributed by atoms with van der Waals surface area (Å²) in [5, 5.41) is 4.23. The van der Waals surface area contributed by atoms with E-state index in [0.717, 1.165) is 5.56 Å². The van der Waals surface area contributed by atoms with E-state index in [0.29, 0.717) is 48.1 Å². The topological polar surface area (TPSA) is 49.4 Å². The summed E-state index contributed by atoms with van der Waals surface area (Å²) in [4.78, 5) is 26.7. The molecule has 1 aliphatic heterocycles. The fraction of sp³-hybridized carbons (Fsp3) is 0.300. The van der Waals surface area contributed by atoms with Crippen LogP contribution < -0.4 is 5.32 Å². The molecule has 26 heavy (non-hydrogen) atoms. The van der Waals surface area contributed by atoms with E-state index in [2.05, 4.69) is 5.32 Å². The van der Waals surface area contributed by atoms with Crippen LogP contribution in [-0.4, -0.2) is 29.8 Å². The second-order valence-corrected chi connectivity index (χ2v) is 7.29. The Hall–Kier alpha value is -2.04. The molecule has 0 aromatic heterocycles. The van der Waals surface area contributed by atoms with Crippen molar-refractivity contribution in [3.8, 4) is 0 Å². The zero-order valence-corrected chi connectivity index (χ0v) is 15.8. The SMILES string of the molecule is O=C(NCc1cccc(Cl)c1)C1CCN(C(=O)c2ccc(Cl)cc2)CC1. The first-order valence-corrected chi connectivity index (χ1v) is 9.35. The average Bonchev–Trinajstić information content (AvgIpc) is 2.66. The van der Waals surface area contributed by atoms with E-state index < -0.39 is 0 Å². The van der Waals surface area contributed by atoms with Crippen molar-refractivity contribution in [3.05, 3.63) is 69.7 Å². The number of halogens is 2. The number of hydrogen-bond donors (Lipinski definition) is 1. The van der Waals surface area contributed by atoms with E-state index in [1.54, 1.807) is 35.2 Å². The Kier molecular flexibility index (Phi) is 6.17. The second-order valence-electron chi connectivity index (χ2n) is 6.42. The van der Waals surface area contributed by atoms with Crippen LogP contribution in [0.3, 0.4) is 0 Å². The van der Waals surface area contributed by atoms with Crippen LogP contribution >= 0.6 is 23.2 Å². The zero-order valence-electron chi connectivity index (χ0n) is 14.3. The molecule has 0 unspecified atom stereocenters. The van der Waals surface area contributed by atoms with E-state index in [4.69, 9.17) is 23.2 Å². The molecule has 0 radical (unpaired) electrons. The number of rotatable bonds is 4. The molecule has 1 saturated heterocycles. The fourth-order valence-corrected chi connectivity index (χ4v) is 3.44. The number of carbonyl (C=O) groups is 2. The zero-order chi connectivity index (χ0) is 18.5. The molecule has 0 atom stereocenters. The molecule has 0 saturated carbocycles. The lowest BCUT2D eigenvalue weighted by Crippen LogP contribution is -2.42. The number of nitrogens with one attached hydrogen (secondary N) is 1. The summed E-state index contributed by atoms with van der Waals surface area (Å²) in [5.41, 5.74) is 1.60. The molecule has 1 fully saturated rings. The Labute approximate surface area is 163 Å². The molecule has 1 heterocycles. The van der Waals surface area contributed by atoms with Gasteiger partial charge in [-0.15, -0.1) is 0 Å². The van der Waals surface area contributed by atoms with Gasteiger partial charge in [0.05, 0.1) is 0 Å². The van der Waals surface area contributed by atoms with Crippen LogP contribution in [0.15, 0.2) is 48.5 Å². The van der Waals surface area contributed by atoms with Crippen LogP contribution in [0.2, 0.25) is 10.0 Å². The minimum Gasteiger partial charge on any atom is -0.352 e. The summed E-state index contributed by atoms with van der Waals surface area (Å²) in [6.07, 6.45) is 1.33. The minimum atomic E-state index is -0.0662. The van der Waals surface area contributed by atoms with E-state index in [-0.39, 0.29) is 17.7 Å². The van der Waals surface area contributed by atoms with Crippen molar-refractivity contribution in [2.24, 2.45) is 5.92 Å². The van der Waals surface area contributed by atoms with Gasteiger partial charge in [0, 0.05) is 41.2 Å². The summed E-state index contributed by atoms with van der Waals surface area (Å²) >= 11 is 11.8. The molecular weight excluding hydrogens is 371 g/mol. The quantitative estimate of drug-likeness (QED) is 0.851. The van der Waals surface area contributed by atoms with E-state index in [9.17, 15) is 9.59 Å². The number of piperidine rings is 1. The molecule has 136 valence electrons. The second kappa shape index (κ2) is 8.56. The monoisotopic (exact) mass is 390 g/mol. The Bertz CT molecular complexity index is 785. The van der Waals surface area contributed by atoms with Gasteiger partial charge in [-0.2, -0.15) is 0 Å². The van der Waals surface area contributed by atoms with E-state index >= 15 is 0 Å². The lowest BCUT2D eigenvalue weighted by molar-refractivity contribution is -0.126. The van der Waals surface area contributed by atoms with Crippen molar-refractivity contribution in [1.82, 2.24) is 10.2 Å². The van der Waals surface area contributed by atoms with E-state index in [1.807, 2.05) is 18.2 Å². The number of amides is 2. The van der Waals surface area contributed by atoms with Crippen LogP contribution in [0.25, 0.3) is 0 Å². The molecule has 2 aromatic carbocycles. The first kappa shape index (κ1) is 18.7. The van der Waals surface area contributed by atoms with Crippen LogP contribution in [0.5, 0.6) is 0 Å². The predicted molar refractivity (Wildman–Crippen MR) is 103 cm³/mol. The molecule has 2 amide bonds. The normalized spacial score (nSPS) is 14.9. The van der Waals surface area contributed by atoms with Gasteiger partial charge in [-0.3, -0.25) is 9.59 Å². The number of nitrogens with zero attached hydrogens (tertiary/aromatic N) is 1. The first-order chi connectivity index (χ1) is 12.5. The van der Waals surface area contributed by atoms with Crippen LogP contribution in [-0.2, 0) is 11.3 Å². The summed E-state index contributed by atoms with van der Waals surface area (Å²) in [6.45, 7) is 1.62. The fourth-order valence-electron chi connectivity index (χ4n) is 3.10. The summed E-state index contributed by atoms with van der Waals surface area (Å²) in [7, 11) is 0. The maximum atomic E-state index is 12.5. The van der Waals surface area contributed by atoms with Gasteiger partial charge in [0.15, 0.2) is 0 Å². The lowest BCUT2D eigenvalue weighted by Gasteiger charge is -2.31. The smallest absolute Gasteiger partial charge is 0.253 e. The van der Waals surface area contributed by atoms with Crippen LogP contribution in [0, 0.1) is 5.92 Å². The predicted octanol–water partition coefficient (Wildman–Crippen LogP) is 4.16. The van der Waals surface area contributed by atoms with Crippen molar-refractivity contribution in [3.63, 3.8) is 0 Å². The van der Waals surface area contributed by atoms with Gasteiger partial charge in [-0.1, -0.05) is 35.3 Å². The molecule has 0 spiro atoms. The van der Waals surface area contributed by atoms with Gasteiger partial charge >= 0.3 is 0 Å². The molecule has 3 rings (SSSR count). The standard InChI is InChI=1S/C20H20Cl2N2O2/c21-17-6-4-16(5-7-17)20(26)24-10-8-15(9-11-24)19(25)23-13-14-2-1-3-18(22)12-14/h1-7,12,15H,8-11,13H2,(H,23,25). The van der Waals surface area contributed by atoms with Gasteiger partial charge in [-0.25, -0.2) is 0 Å². The average molecular weight is 391 g/mol. The number of likely N-dealkylation sites (tertiary alicyclic amines) is 1. The highest BCUT2D eigenvalue weighted by molar-refractivity contribution is 6.30. The number of benzene rings is 2. The summed E-state index contributed by atoms with van der Waals surface area (Å²) in [6, 6.07) is 14.3. The largest absolute Gasteiger partial charge is 0.352 e. The first-order valence-electron chi connectivity index (χ1n) is 8.60. The minimum absolute atomic E-state index is 0.0144. The third-order valence-electron chi connectivity index (χ3n) is 4.60. The Morgan fingerprint density at radius 3 is 2.35 bits per heavy atom. The Balaban J connectivity index is 1.49.